The molecule has 6 nitrogen and oxygen atoms in total. The summed E-state index contributed by atoms with van der Waals surface area (Å²) in [6.45, 7) is 0. The number of aromatic nitrogens is 2. The number of halogens is 1. The Labute approximate surface area is 139 Å². The van der Waals surface area contributed by atoms with Crippen LogP contribution in [0.25, 0.3) is 0 Å². The number of hydrogen-bond donors (Lipinski definition) is 2. The molecule has 0 radical (unpaired) electrons. The molecule has 1 heterocycles. The Balaban J connectivity index is 1.57. The van der Waals surface area contributed by atoms with E-state index in [4.69, 9.17) is 27.4 Å². The zero-order chi connectivity index (χ0) is 16.2. The molecule has 0 spiro atoms. The lowest BCUT2D eigenvalue weighted by molar-refractivity contribution is 0.145. The molecule has 0 amide bonds. The Morgan fingerprint density at radius 3 is 2.70 bits per heavy atom. The third-order valence-corrected chi connectivity index (χ3v) is 4.51. The molecule has 1 fully saturated rings. The van der Waals surface area contributed by atoms with Crippen LogP contribution in [0.5, 0.6) is 5.75 Å². The molecule has 1 aliphatic rings. The van der Waals surface area contributed by atoms with E-state index >= 15 is 0 Å². The van der Waals surface area contributed by atoms with Crippen LogP contribution in [0.3, 0.4) is 0 Å². The molecule has 1 saturated carbocycles. The van der Waals surface area contributed by atoms with Crippen LogP contribution in [0, 0.1) is 11.3 Å². The van der Waals surface area contributed by atoms with E-state index < -0.39 is 0 Å². The van der Waals surface area contributed by atoms with Crippen LogP contribution in [0.15, 0.2) is 30.5 Å². The standard InChI is InChI=1S/C16H18ClN5O/c17-15-9-14(6-3-12(15)10-18)23-13-4-1-11(2-5-13)16-7-8-22(20-16)21-19/h3,6-9,11,13,21H,1-2,4-5,19H2/t11-,13-. The maximum absolute atomic E-state index is 8.89. The van der Waals surface area contributed by atoms with E-state index in [2.05, 4.69) is 10.6 Å². The average molecular weight is 332 g/mol. The van der Waals surface area contributed by atoms with Gasteiger partial charge in [-0.25, -0.2) is 11.4 Å². The van der Waals surface area contributed by atoms with Crippen LogP contribution in [-0.4, -0.2) is 16.0 Å². The molecule has 1 aromatic carbocycles. The summed E-state index contributed by atoms with van der Waals surface area (Å²) in [4.78, 5) is 1.51. The first-order valence-corrected chi connectivity index (χ1v) is 7.96. The number of hydrazine groups is 1. The van der Waals surface area contributed by atoms with Gasteiger partial charge in [0.1, 0.15) is 11.8 Å². The molecule has 2 aromatic rings. The van der Waals surface area contributed by atoms with Crippen molar-refractivity contribution < 1.29 is 4.74 Å². The monoisotopic (exact) mass is 331 g/mol. The molecular formula is C16H18ClN5O. The van der Waals surface area contributed by atoms with Gasteiger partial charge in [0.15, 0.2) is 0 Å². The fourth-order valence-corrected chi connectivity index (χ4v) is 3.17. The van der Waals surface area contributed by atoms with E-state index in [-0.39, 0.29) is 6.10 Å². The maximum Gasteiger partial charge on any atom is 0.121 e. The summed E-state index contributed by atoms with van der Waals surface area (Å²) in [5.41, 5.74) is 4.01. The molecule has 3 N–H and O–H groups in total. The SMILES string of the molecule is N#Cc1ccc(O[C@H]2CC[C@H](c3ccn(NN)n3)CC2)cc1Cl. The van der Waals surface area contributed by atoms with Crippen molar-refractivity contribution >= 4 is 11.6 Å². The molecule has 0 unspecified atom stereocenters. The number of nitrogens with two attached hydrogens (primary N) is 1. The Bertz CT molecular complexity index is 716. The van der Waals surface area contributed by atoms with Crippen molar-refractivity contribution in [1.29, 1.82) is 5.26 Å². The number of nitriles is 1. The minimum Gasteiger partial charge on any atom is -0.490 e. The normalized spacial score (nSPS) is 20.7. The number of nitrogens with zero attached hydrogens (tertiary/aromatic N) is 3. The van der Waals surface area contributed by atoms with Gasteiger partial charge in [-0.1, -0.05) is 11.6 Å². The largest absolute Gasteiger partial charge is 0.490 e. The van der Waals surface area contributed by atoms with Crippen LogP contribution >= 0.6 is 11.6 Å². The van der Waals surface area contributed by atoms with Gasteiger partial charge < -0.3 is 4.74 Å². The van der Waals surface area contributed by atoms with Gasteiger partial charge in [0, 0.05) is 12.0 Å². The highest BCUT2D eigenvalue weighted by atomic mass is 35.5. The zero-order valence-electron chi connectivity index (χ0n) is 12.6. The maximum atomic E-state index is 8.89. The number of nitrogens with one attached hydrogen (secondary N) is 1. The summed E-state index contributed by atoms with van der Waals surface area (Å²) in [7, 11) is 0. The van der Waals surface area contributed by atoms with Crippen molar-refractivity contribution in [2.75, 3.05) is 5.53 Å². The van der Waals surface area contributed by atoms with Crippen LogP contribution in [0.2, 0.25) is 5.02 Å². The fraction of sp³-hybridized carbons (Fsp3) is 0.375. The highest BCUT2D eigenvalue weighted by molar-refractivity contribution is 6.31. The number of hydrogen-bond acceptors (Lipinski definition) is 5. The summed E-state index contributed by atoms with van der Waals surface area (Å²) < 4.78 is 5.99. The quantitative estimate of drug-likeness (QED) is 0.664. The molecule has 0 bridgehead atoms. The van der Waals surface area contributed by atoms with Gasteiger partial charge in [0.2, 0.25) is 0 Å². The lowest BCUT2D eigenvalue weighted by Gasteiger charge is -2.28. The molecule has 120 valence electrons. The zero-order valence-corrected chi connectivity index (χ0v) is 13.3. The second-order valence-corrected chi connectivity index (χ2v) is 6.07. The Morgan fingerprint density at radius 2 is 2.09 bits per heavy atom. The molecule has 0 atom stereocenters. The molecule has 7 heteroatoms. The summed E-state index contributed by atoms with van der Waals surface area (Å²) in [5.74, 6) is 6.49. The lowest BCUT2D eigenvalue weighted by atomic mass is 9.85. The van der Waals surface area contributed by atoms with Gasteiger partial charge in [0.05, 0.1) is 28.6 Å². The number of rotatable bonds is 4. The van der Waals surface area contributed by atoms with Gasteiger partial charge >= 0.3 is 0 Å². The van der Waals surface area contributed by atoms with Gasteiger partial charge in [-0.3, -0.25) is 0 Å². The Morgan fingerprint density at radius 1 is 1.30 bits per heavy atom. The Hall–Kier alpha value is -2.23. The second-order valence-electron chi connectivity index (χ2n) is 5.66. The summed E-state index contributed by atoms with van der Waals surface area (Å²) in [6.07, 6.45) is 5.96. The minimum atomic E-state index is 0.171. The highest BCUT2D eigenvalue weighted by Crippen LogP contribution is 2.34. The van der Waals surface area contributed by atoms with Crippen molar-refractivity contribution in [3.8, 4) is 11.8 Å². The van der Waals surface area contributed by atoms with Crippen molar-refractivity contribution in [1.82, 2.24) is 9.89 Å². The van der Waals surface area contributed by atoms with E-state index in [0.717, 1.165) is 31.4 Å². The first kappa shape index (κ1) is 15.7. The summed E-state index contributed by atoms with van der Waals surface area (Å²) in [6, 6.07) is 9.23. The summed E-state index contributed by atoms with van der Waals surface area (Å²) >= 11 is 6.04. The predicted octanol–water partition coefficient (Wildman–Crippen LogP) is 2.93. The van der Waals surface area contributed by atoms with Crippen molar-refractivity contribution in [3.63, 3.8) is 0 Å². The number of nitrogen functional groups attached to an aromatic ring is 1. The van der Waals surface area contributed by atoms with Crippen LogP contribution in [-0.2, 0) is 0 Å². The predicted molar refractivity (Wildman–Crippen MR) is 87.6 cm³/mol. The molecule has 1 aromatic heterocycles. The first-order valence-electron chi connectivity index (χ1n) is 7.58. The van der Waals surface area contributed by atoms with E-state index in [1.807, 2.05) is 18.3 Å². The fourth-order valence-electron chi connectivity index (χ4n) is 2.96. The molecule has 23 heavy (non-hydrogen) atoms. The third kappa shape index (κ3) is 3.58. The minimum absolute atomic E-state index is 0.171. The summed E-state index contributed by atoms with van der Waals surface area (Å²) in [5, 5.41) is 13.7. The smallest absolute Gasteiger partial charge is 0.121 e. The highest BCUT2D eigenvalue weighted by Gasteiger charge is 2.25. The molecular weight excluding hydrogens is 314 g/mol. The van der Waals surface area contributed by atoms with Gasteiger partial charge in [0.25, 0.3) is 0 Å². The lowest BCUT2D eigenvalue weighted by Crippen LogP contribution is -2.25. The van der Waals surface area contributed by atoms with Crippen molar-refractivity contribution in [3.05, 3.63) is 46.7 Å². The van der Waals surface area contributed by atoms with Gasteiger partial charge in [-0.05, 0) is 43.9 Å². The Kier molecular flexibility index (Phi) is 4.70. The topological polar surface area (TPSA) is 88.9 Å². The van der Waals surface area contributed by atoms with Gasteiger partial charge in [-0.2, -0.15) is 15.2 Å². The van der Waals surface area contributed by atoms with Crippen LogP contribution in [0.1, 0.15) is 42.9 Å². The van der Waals surface area contributed by atoms with E-state index in [1.165, 1.54) is 4.79 Å². The van der Waals surface area contributed by atoms with E-state index in [1.54, 1.807) is 18.2 Å². The van der Waals surface area contributed by atoms with Crippen LogP contribution < -0.4 is 16.1 Å². The molecule has 0 aliphatic heterocycles. The van der Waals surface area contributed by atoms with E-state index in [0.29, 0.717) is 22.3 Å². The third-order valence-electron chi connectivity index (χ3n) is 4.20. The number of benzene rings is 1. The molecule has 3 rings (SSSR count). The average Bonchev–Trinajstić information content (AvgIpc) is 3.05. The van der Waals surface area contributed by atoms with Crippen molar-refractivity contribution in [2.45, 2.75) is 37.7 Å². The van der Waals surface area contributed by atoms with Crippen LogP contribution in [0.4, 0.5) is 0 Å². The molecule has 1 aliphatic carbocycles. The molecule has 0 saturated heterocycles. The number of ether oxygens (including phenoxy) is 1. The van der Waals surface area contributed by atoms with Gasteiger partial charge in [-0.15, -0.1) is 0 Å². The first-order chi connectivity index (χ1) is 11.2. The second kappa shape index (κ2) is 6.90. The van der Waals surface area contributed by atoms with E-state index in [9.17, 15) is 0 Å². The van der Waals surface area contributed by atoms with Crippen molar-refractivity contribution in [2.24, 2.45) is 5.84 Å².